The summed E-state index contributed by atoms with van der Waals surface area (Å²) >= 11 is 18.3. The van der Waals surface area contributed by atoms with Gasteiger partial charge in [0.05, 0.1) is 11.9 Å². The van der Waals surface area contributed by atoms with Crippen LogP contribution in [0.5, 0.6) is 0 Å². The third-order valence-electron chi connectivity index (χ3n) is 5.62. The minimum absolute atomic E-state index is 0.0391. The van der Waals surface area contributed by atoms with Gasteiger partial charge in [-0.25, -0.2) is 8.42 Å². The zero-order valence-corrected chi connectivity index (χ0v) is 23.7. The van der Waals surface area contributed by atoms with E-state index in [1.54, 1.807) is 49.4 Å². The Bertz CT molecular complexity index is 1140. The molecule has 0 aliphatic rings. The average molecular weight is 577 g/mol. The van der Waals surface area contributed by atoms with E-state index < -0.39 is 16.1 Å². The molecular weight excluding hydrogens is 545 g/mol. The van der Waals surface area contributed by atoms with Crippen LogP contribution in [0.3, 0.4) is 0 Å². The monoisotopic (exact) mass is 575 g/mol. The summed E-state index contributed by atoms with van der Waals surface area (Å²) in [5, 5.41) is 4.22. The Kier molecular flexibility index (Phi) is 11.8. The van der Waals surface area contributed by atoms with E-state index in [0.717, 1.165) is 19.1 Å². The lowest BCUT2D eigenvalue weighted by atomic mass is 10.1. The summed E-state index contributed by atoms with van der Waals surface area (Å²) in [6, 6.07) is 10.7. The van der Waals surface area contributed by atoms with Crippen molar-refractivity contribution in [3.05, 3.63) is 63.1 Å². The Morgan fingerprint density at radius 2 is 1.64 bits per heavy atom. The topological polar surface area (TPSA) is 86.8 Å². The van der Waals surface area contributed by atoms with Gasteiger partial charge in [-0.05, 0) is 61.7 Å². The fraction of sp³-hybridized carbons (Fsp3) is 0.440. The normalized spacial score (nSPS) is 12.2. The number of sulfonamides is 1. The Morgan fingerprint density at radius 1 is 1.00 bits per heavy atom. The first kappa shape index (κ1) is 30.2. The van der Waals surface area contributed by atoms with Crippen molar-refractivity contribution in [3.8, 4) is 0 Å². The zero-order chi connectivity index (χ0) is 26.9. The molecule has 2 rings (SSSR count). The summed E-state index contributed by atoms with van der Waals surface area (Å²) in [7, 11) is -3.58. The van der Waals surface area contributed by atoms with Crippen molar-refractivity contribution < 1.29 is 18.0 Å². The van der Waals surface area contributed by atoms with Gasteiger partial charge in [-0.1, -0.05) is 54.2 Å². The maximum absolute atomic E-state index is 13.3. The second kappa shape index (κ2) is 14.1. The molecule has 2 amide bonds. The number of benzene rings is 2. The van der Waals surface area contributed by atoms with Crippen LogP contribution in [-0.4, -0.2) is 50.5 Å². The number of anilines is 1. The van der Waals surface area contributed by atoms with Crippen molar-refractivity contribution in [2.24, 2.45) is 0 Å². The van der Waals surface area contributed by atoms with Crippen LogP contribution in [0.25, 0.3) is 0 Å². The van der Waals surface area contributed by atoms with E-state index in [1.807, 2.05) is 6.92 Å². The summed E-state index contributed by atoms with van der Waals surface area (Å²) in [5.74, 6) is -0.551. The molecule has 198 valence electrons. The SMILES string of the molecule is CCCCNC(=O)C(C)N(Cc1ccc(Cl)cc1Cl)C(=O)CCCN(c1ccc(Cl)cc1)S(C)(=O)=O. The molecule has 0 spiro atoms. The van der Waals surface area contributed by atoms with Crippen LogP contribution in [-0.2, 0) is 26.2 Å². The Balaban J connectivity index is 2.17. The number of nitrogens with zero attached hydrogens (tertiary/aromatic N) is 2. The number of hydrogen-bond donors (Lipinski definition) is 1. The standard InChI is InChI=1S/C25H32Cl3N3O4S/c1-4-5-14-29-25(33)18(2)30(17-19-8-9-21(27)16-23(19)28)24(32)7-6-15-31(36(3,34)35)22-12-10-20(26)11-13-22/h8-13,16,18H,4-7,14-15,17H2,1-3H3,(H,29,33). The summed E-state index contributed by atoms with van der Waals surface area (Å²) in [6.07, 6.45) is 3.17. The molecule has 0 heterocycles. The quantitative estimate of drug-likeness (QED) is 0.318. The molecule has 0 saturated carbocycles. The molecule has 0 fully saturated rings. The van der Waals surface area contributed by atoms with Crippen molar-refractivity contribution >= 4 is 62.3 Å². The zero-order valence-electron chi connectivity index (χ0n) is 20.6. The Labute approximate surface area is 228 Å². The van der Waals surface area contributed by atoms with E-state index in [1.165, 1.54) is 9.21 Å². The predicted octanol–water partition coefficient (Wildman–Crippen LogP) is 5.53. The lowest BCUT2D eigenvalue weighted by Crippen LogP contribution is -2.48. The number of rotatable bonds is 13. The number of amides is 2. The van der Waals surface area contributed by atoms with E-state index in [4.69, 9.17) is 34.8 Å². The highest BCUT2D eigenvalue weighted by Crippen LogP contribution is 2.24. The van der Waals surface area contributed by atoms with Crippen molar-refractivity contribution in [1.82, 2.24) is 10.2 Å². The van der Waals surface area contributed by atoms with Crippen LogP contribution in [0.2, 0.25) is 15.1 Å². The van der Waals surface area contributed by atoms with Crippen molar-refractivity contribution in [2.75, 3.05) is 23.7 Å². The molecule has 7 nitrogen and oxygen atoms in total. The summed E-state index contributed by atoms with van der Waals surface area (Å²) < 4.78 is 26.0. The van der Waals surface area contributed by atoms with Gasteiger partial charge >= 0.3 is 0 Å². The molecular formula is C25H32Cl3N3O4S. The lowest BCUT2D eigenvalue weighted by Gasteiger charge is -2.30. The molecule has 0 aromatic heterocycles. The van der Waals surface area contributed by atoms with E-state index in [2.05, 4.69) is 5.32 Å². The highest BCUT2D eigenvalue weighted by atomic mass is 35.5. The molecule has 2 aromatic carbocycles. The van der Waals surface area contributed by atoms with Gasteiger partial charge in [0.2, 0.25) is 21.8 Å². The van der Waals surface area contributed by atoms with Crippen LogP contribution in [0.15, 0.2) is 42.5 Å². The van der Waals surface area contributed by atoms with Gasteiger partial charge in [0.1, 0.15) is 6.04 Å². The van der Waals surface area contributed by atoms with E-state index >= 15 is 0 Å². The molecule has 36 heavy (non-hydrogen) atoms. The highest BCUT2D eigenvalue weighted by Gasteiger charge is 2.27. The molecule has 1 atom stereocenters. The average Bonchev–Trinajstić information content (AvgIpc) is 2.81. The summed E-state index contributed by atoms with van der Waals surface area (Å²) in [4.78, 5) is 27.5. The van der Waals surface area contributed by atoms with Gasteiger partial charge in [0.15, 0.2) is 0 Å². The molecule has 0 saturated heterocycles. The second-order valence-electron chi connectivity index (χ2n) is 8.49. The van der Waals surface area contributed by atoms with Crippen LogP contribution in [0.1, 0.15) is 45.1 Å². The molecule has 11 heteroatoms. The first-order chi connectivity index (χ1) is 16.9. The van der Waals surface area contributed by atoms with Crippen molar-refractivity contribution in [3.63, 3.8) is 0 Å². The Hall–Kier alpha value is -2.00. The van der Waals surface area contributed by atoms with Gasteiger partial charge in [-0.15, -0.1) is 0 Å². The first-order valence-corrected chi connectivity index (χ1v) is 14.7. The minimum Gasteiger partial charge on any atom is -0.354 e. The van der Waals surface area contributed by atoms with Gasteiger partial charge in [-0.2, -0.15) is 0 Å². The van der Waals surface area contributed by atoms with E-state index in [0.29, 0.717) is 32.9 Å². The number of hydrogen-bond acceptors (Lipinski definition) is 4. The van der Waals surface area contributed by atoms with Gasteiger partial charge < -0.3 is 10.2 Å². The maximum atomic E-state index is 13.3. The summed E-state index contributed by atoms with van der Waals surface area (Å²) in [5.41, 5.74) is 1.12. The third-order valence-corrected chi connectivity index (χ3v) is 7.65. The largest absolute Gasteiger partial charge is 0.354 e. The molecule has 0 aliphatic carbocycles. The van der Waals surface area contributed by atoms with Gasteiger partial charge in [-0.3, -0.25) is 13.9 Å². The number of unbranched alkanes of at least 4 members (excludes halogenated alkanes) is 1. The fourth-order valence-corrected chi connectivity index (χ4v) is 5.12. The van der Waals surface area contributed by atoms with Crippen molar-refractivity contribution in [2.45, 2.75) is 52.1 Å². The third kappa shape index (κ3) is 9.14. The maximum Gasteiger partial charge on any atom is 0.242 e. The molecule has 1 unspecified atom stereocenters. The molecule has 2 aromatic rings. The van der Waals surface area contributed by atoms with Crippen LogP contribution in [0, 0.1) is 0 Å². The predicted molar refractivity (Wildman–Crippen MR) is 147 cm³/mol. The second-order valence-corrected chi connectivity index (χ2v) is 11.7. The first-order valence-electron chi connectivity index (χ1n) is 11.7. The number of carbonyl (C=O) groups is 2. The smallest absolute Gasteiger partial charge is 0.242 e. The fourth-order valence-electron chi connectivity index (χ4n) is 3.56. The lowest BCUT2D eigenvalue weighted by molar-refractivity contribution is -0.140. The summed E-state index contributed by atoms with van der Waals surface area (Å²) in [6.45, 7) is 4.42. The van der Waals surface area contributed by atoms with E-state index in [-0.39, 0.29) is 37.7 Å². The van der Waals surface area contributed by atoms with Gasteiger partial charge in [0.25, 0.3) is 0 Å². The van der Waals surface area contributed by atoms with Crippen molar-refractivity contribution in [1.29, 1.82) is 0 Å². The molecule has 0 aliphatic heterocycles. The molecule has 0 bridgehead atoms. The molecule has 0 radical (unpaired) electrons. The van der Waals surface area contributed by atoms with E-state index in [9.17, 15) is 18.0 Å². The number of halogens is 3. The minimum atomic E-state index is -3.58. The highest BCUT2D eigenvalue weighted by molar-refractivity contribution is 7.92. The molecule has 1 N–H and O–H groups in total. The van der Waals surface area contributed by atoms with Crippen LogP contribution < -0.4 is 9.62 Å². The number of carbonyl (C=O) groups excluding carboxylic acids is 2. The van der Waals surface area contributed by atoms with Gasteiger partial charge in [0, 0.05) is 41.1 Å². The Morgan fingerprint density at radius 3 is 2.22 bits per heavy atom. The van der Waals surface area contributed by atoms with Crippen LogP contribution in [0.4, 0.5) is 5.69 Å². The number of nitrogens with one attached hydrogen (secondary N) is 1. The van der Waals surface area contributed by atoms with Crippen LogP contribution >= 0.6 is 34.8 Å².